The van der Waals surface area contributed by atoms with Gasteiger partial charge in [-0.25, -0.2) is 9.97 Å². The number of rotatable bonds is 3. The smallest absolute Gasteiger partial charge is 0.235 e. The van der Waals surface area contributed by atoms with Crippen molar-refractivity contribution >= 4 is 43.6 Å². The Bertz CT molecular complexity index is 2710. The zero-order valence-electron chi connectivity index (χ0n) is 26.1. The monoisotopic (exact) mass is 602 g/mol. The molecular formula is C43H30N4. The summed E-state index contributed by atoms with van der Waals surface area (Å²) < 4.78 is 4.59. The van der Waals surface area contributed by atoms with Gasteiger partial charge in [0.15, 0.2) is 0 Å². The number of benzene rings is 6. The first-order valence-corrected chi connectivity index (χ1v) is 16.2. The number of hydrogen-bond acceptors (Lipinski definition) is 2. The van der Waals surface area contributed by atoms with E-state index in [1.807, 2.05) is 12.3 Å². The minimum atomic E-state index is -0.100. The van der Waals surface area contributed by atoms with Gasteiger partial charge in [-0.15, -0.1) is 0 Å². The van der Waals surface area contributed by atoms with E-state index in [1.54, 1.807) is 0 Å². The van der Waals surface area contributed by atoms with Crippen molar-refractivity contribution in [2.45, 2.75) is 19.3 Å². The van der Waals surface area contributed by atoms with Gasteiger partial charge in [0.25, 0.3) is 0 Å². The van der Waals surface area contributed by atoms with Crippen LogP contribution in [-0.2, 0) is 5.41 Å². The molecule has 1 aliphatic rings. The Morgan fingerprint density at radius 3 is 1.98 bits per heavy atom. The molecule has 3 heterocycles. The van der Waals surface area contributed by atoms with Gasteiger partial charge in [-0.2, -0.15) is 0 Å². The van der Waals surface area contributed by atoms with Crippen LogP contribution in [0.2, 0.25) is 0 Å². The lowest BCUT2D eigenvalue weighted by atomic mass is 9.82. The molecule has 0 aliphatic heterocycles. The Morgan fingerprint density at radius 2 is 1.15 bits per heavy atom. The van der Waals surface area contributed by atoms with Gasteiger partial charge in [-0.1, -0.05) is 105 Å². The van der Waals surface area contributed by atoms with Crippen LogP contribution in [0.5, 0.6) is 0 Å². The molecule has 0 fully saturated rings. The highest BCUT2D eigenvalue weighted by molar-refractivity contribution is 6.12. The van der Waals surface area contributed by atoms with Crippen molar-refractivity contribution in [2.75, 3.05) is 0 Å². The third-order valence-corrected chi connectivity index (χ3v) is 10.2. The molecule has 6 aromatic carbocycles. The zero-order chi connectivity index (χ0) is 31.3. The highest BCUT2D eigenvalue weighted by Crippen LogP contribution is 2.50. The maximum Gasteiger partial charge on any atom is 0.235 e. The highest BCUT2D eigenvalue weighted by atomic mass is 15.2. The maximum absolute atomic E-state index is 5.26. The summed E-state index contributed by atoms with van der Waals surface area (Å²) in [4.78, 5) is 10.1. The first kappa shape index (κ1) is 26.2. The van der Waals surface area contributed by atoms with Crippen molar-refractivity contribution in [3.05, 3.63) is 157 Å². The minimum absolute atomic E-state index is 0.100. The molecule has 47 heavy (non-hydrogen) atoms. The number of para-hydroxylation sites is 3. The molecule has 9 aromatic rings. The molecule has 0 radical (unpaired) electrons. The quantitative estimate of drug-likeness (QED) is 0.202. The van der Waals surface area contributed by atoms with Crippen molar-refractivity contribution in [3.8, 4) is 34.0 Å². The first-order valence-electron chi connectivity index (χ1n) is 16.2. The average Bonchev–Trinajstić information content (AvgIpc) is 3.71. The second-order valence-electron chi connectivity index (χ2n) is 13.1. The van der Waals surface area contributed by atoms with E-state index in [9.17, 15) is 0 Å². The number of hydrogen-bond donors (Lipinski definition) is 0. The van der Waals surface area contributed by atoms with Gasteiger partial charge in [0.05, 0.1) is 27.8 Å². The van der Waals surface area contributed by atoms with Crippen LogP contribution in [0.4, 0.5) is 0 Å². The van der Waals surface area contributed by atoms with E-state index < -0.39 is 0 Å². The van der Waals surface area contributed by atoms with Crippen LogP contribution in [-0.4, -0.2) is 19.1 Å². The second kappa shape index (κ2) is 9.51. The lowest BCUT2D eigenvalue weighted by Crippen LogP contribution is -2.15. The van der Waals surface area contributed by atoms with E-state index in [0.717, 1.165) is 33.5 Å². The topological polar surface area (TPSA) is 35.6 Å². The molecule has 0 spiro atoms. The molecule has 0 bridgehead atoms. The van der Waals surface area contributed by atoms with E-state index in [4.69, 9.17) is 9.97 Å². The molecule has 1 aliphatic carbocycles. The summed E-state index contributed by atoms with van der Waals surface area (Å²) in [6, 6.07) is 50.1. The van der Waals surface area contributed by atoms with Crippen LogP contribution in [0.25, 0.3) is 77.6 Å². The molecule has 0 unspecified atom stereocenters. The van der Waals surface area contributed by atoms with Crippen molar-refractivity contribution in [1.29, 1.82) is 0 Å². The van der Waals surface area contributed by atoms with Gasteiger partial charge in [-0.05, 0) is 70.8 Å². The fourth-order valence-corrected chi connectivity index (χ4v) is 7.98. The summed E-state index contributed by atoms with van der Waals surface area (Å²) in [7, 11) is 0. The van der Waals surface area contributed by atoms with E-state index in [1.165, 1.54) is 49.3 Å². The normalized spacial score (nSPS) is 13.5. The SMILES string of the molecule is CC1(C)c2ccccc2-c2cc3c4ccccc4n(-c4nccc(-c5ccc6c7ccccc7n(-c7ccccc7)c6c5)n4)c3cc21. The van der Waals surface area contributed by atoms with E-state index in [-0.39, 0.29) is 5.41 Å². The molecule has 0 atom stereocenters. The molecule has 0 N–H and O–H groups in total. The largest absolute Gasteiger partial charge is 0.309 e. The molecule has 222 valence electrons. The van der Waals surface area contributed by atoms with Crippen molar-refractivity contribution in [1.82, 2.24) is 19.1 Å². The van der Waals surface area contributed by atoms with Gasteiger partial charge < -0.3 is 4.57 Å². The summed E-state index contributed by atoms with van der Waals surface area (Å²) in [5, 5.41) is 4.89. The van der Waals surface area contributed by atoms with Crippen LogP contribution in [0.3, 0.4) is 0 Å². The summed E-state index contributed by atoms with van der Waals surface area (Å²) in [6.45, 7) is 4.66. The van der Waals surface area contributed by atoms with Crippen LogP contribution in [0.1, 0.15) is 25.0 Å². The number of nitrogens with zero attached hydrogens (tertiary/aromatic N) is 4. The minimum Gasteiger partial charge on any atom is -0.309 e. The first-order chi connectivity index (χ1) is 23.1. The third-order valence-electron chi connectivity index (χ3n) is 10.2. The predicted octanol–water partition coefficient (Wildman–Crippen LogP) is 10.6. The predicted molar refractivity (Wildman–Crippen MR) is 194 cm³/mol. The Balaban J connectivity index is 1.19. The van der Waals surface area contributed by atoms with Crippen molar-refractivity contribution < 1.29 is 0 Å². The standard InChI is InChI=1S/C43H30N4/c1-43(2)35-17-9-6-14-29(35)33-25-34-31-16-8-11-19-39(31)47(41(34)26-36(33)43)42-44-23-22-37(45-42)27-20-21-32-30-15-7-10-18-38(30)46(40(32)24-27)28-12-4-3-5-13-28/h3-26H,1-2H3. The van der Waals surface area contributed by atoms with Crippen molar-refractivity contribution in [2.24, 2.45) is 0 Å². The molecule has 0 saturated heterocycles. The van der Waals surface area contributed by atoms with E-state index in [0.29, 0.717) is 5.95 Å². The fraction of sp³-hybridized carbons (Fsp3) is 0.0698. The molecule has 4 nitrogen and oxygen atoms in total. The second-order valence-corrected chi connectivity index (χ2v) is 13.1. The van der Waals surface area contributed by atoms with Crippen LogP contribution < -0.4 is 0 Å². The Hall–Kier alpha value is -6.00. The van der Waals surface area contributed by atoms with Gasteiger partial charge in [-0.3, -0.25) is 4.57 Å². The van der Waals surface area contributed by atoms with Gasteiger partial charge in [0.1, 0.15) is 0 Å². The third kappa shape index (κ3) is 3.64. The van der Waals surface area contributed by atoms with Crippen LogP contribution >= 0.6 is 0 Å². The Morgan fingerprint density at radius 1 is 0.489 bits per heavy atom. The van der Waals surface area contributed by atoms with E-state index in [2.05, 4.69) is 156 Å². The number of fused-ring (bicyclic) bond motifs is 9. The molecule has 0 saturated carbocycles. The molecule has 10 rings (SSSR count). The zero-order valence-corrected chi connectivity index (χ0v) is 26.1. The van der Waals surface area contributed by atoms with Crippen molar-refractivity contribution in [3.63, 3.8) is 0 Å². The number of aromatic nitrogens is 4. The lowest BCUT2D eigenvalue weighted by Gasteiger charge is -2.21. The highest BCUT2D eigenvalue weighted by Gasteiger charge is 2.36. The Kier molecular flexibility index (Phi) is 5.31. The molecule has 0 amide bonds. The van der Waals surface area contributed by atoms with Gasteiger partial charge in [0.2, 0.25) is 5.95 Å². The average molecular weight is 603 g/mol. The van der Waals surface area contributed by atoms with E-state index >= 15 is 0 Å². The Labute approximate surface area is 272 Å². The molecular weight excluding hydrogens is 573 g/mol. The summed E-state index contributed by atoms with van der Waals surface area (Å²) >= 11 is 0. The van der Waals surface area contributed by atoms with Gasteiger partial charge in [0, 0.05) is 44.4 Å². The maximum atomic E-state index is 5.26. The summed E-state index contributed by atoms with van der Waals surface area (Å²) in [5.74, 6) is 0.672. The fourth-order valence-electron chi connectivity index (χ4n) is 7.98. The molecule has 4 heteroatoms. The molecule has 3 aromatic heterocycles. The van der Waals surface area contributed by atoms with Gasteiger partial charge >= 0.3 is 0 Å². The lowest BCUT2D eigenvalue weighted by molar-refractivity contribution is 0.661. The van der Waals surface area contributed by atoms with Crippen LogP contribution in [0, 0.1) is 0 Å². The summed E-state index contributed by atoms with van der Waals surface area (Å²) in [5.41, 5.74) is 12.9. The van der Waals surface area contributed by atoms with Crippen LogP contribution in [0.15, 0.2) is 146 Å². The summed E-state index contributed by atoms with van der Waals surface area (Å²) in [6.07, 6.45) is 1.89.